The standard InChI is InChI=1S/C12H20N2O4/c1-8-2-5-14(10(6-8)11(16)17)12(18)13-4-3-9(15)7-13/h8-10,15H,2-7H2,1H3,(H,16,17). The van der Waals surface area contributed by atoms with Crippen LogP contribution in [0.1, 0.15) is 26.2 Å². The summed E-state index contributed by atoms with van der Waals surface area (Å²) in [6, 6.07) is -0.968. The highest BCUT2D eigenvalue weighted by atomic mass is 16.4. The third-order valence-corrected chi connectivity index (χ3v) is 3.83. The Labute approximate surface area is 106 Å². The first-order valence-electron chi connectivity index (χ1n) is 6.45. The summed E-state index contributed by atoms with van der Waals surface area (Å²) in [5, 5.41) is 18.6. The number of aliphatic hydroxyl groups is 1. The molecule has 0 spiro atoms. The van der Waals surface area contributed by atoms with Crippen molar-refractivity contribution < 1.29 is 19.8 Å². The second kappa shape index (κ2) is 5.14. The molecular weight excluding hydrogens is 236 g/mol. The van der Waals surface area contributed by atoms with Crippen molar-refractivity contribution in [2.24, 2.45) is 5.92 Å². The van der Waals surface area contributed by atoms with Gasteiger partial charge in [-0.3, -0.25) is 0 Å². The SMILES string of the molecule is CC1CCN(C(=O)N2CCC(O)C2)C(C(=O)O)C1. The fraction of sp³-hybridized carbons (Fsp3) is 0.833. The Morgan fingerprint density at radius 2 is 1.94 bits per heavy atom. The van der Waals surface area contributed by atoms with Crippen LogP contribution >= 0.6 is 0 Å². The van der Waals surface area contributed by atoms with E-state index >= 15 is 0 Å². The van der Waals surface area contributed by atoms with Gasteiger partial charge in [0, 0.05) is 19.6 Å². The Balaban J connectivity index is 2.05. The van der Waals surface area contributed by atoms with Gasteiger partial charge < -0.3 is 20.0 Å². The van der Waals surface area contributed by atoms with Crippen molar-refractivity contribution in [3.63, 3.8) is 0 Å². The van der Waals surface area contributed by atoms with Gasteiger partial charge in [0.25, 0.3) is 0 Å². The Hall–Kier alpha value is -1.30. The number of aliphatic hydroxyl groups excluding tert-OH is 1. The maximum absolute atomic E-state index is 12.2. The molecule has 0 aromatic carbocycles. The number of carbonyl (C=O) groups excluding carboxylic acids is 1. The van der Waals surface area contributed by atoms with E-state index in [0.717, 1.165) is 6.42 Å². The van der Waals surface area contributed by atoms with E-state index < -0.39 is 18.1 Å². The van der Waals surface area contributed by atoms with E-state index in [-0.39, 0.29) is 6.03 Å². The lowest BCUT2D eigenvalue weighted by Gasteiger charge is -2.38. The van der Waals surface area contributed by atoms with Gasteiger partial charge in [-0.05, 0) is 25.2 Å². The van der Waals surface area contributed by atoms with Crippen LogP contribution in [0.4, 0.5) is 4.79 Å². The number of carbonyl (C=O) groups is 2. The number of hydrogen-bond donors (Lipinski definition) is 2. The van der Waals surface area contributed by atoms with Crippen LogP contribution in [-0.2, 0) is 4.79 Å². The smallest absolute Gasteiger partial charge is 0.326 e. The van der Waals surface area contributed by atoms with Crippen LogP contribution in [-0.4, -0.2) is 63.8 Å². The number of carboxylic acid groups (broad SMARTS) is 1. The third-order valence-electron chi connectivity index (χ3n) is 3.83. The number of β-amino-alcohol motifs (C(OH)–C–C–N with tert-alkyl or cyclic N) is 1. The molecule has 6 heteroatoms. The lowest BCUT2D eigenvalue weighted by atomic mass is 9.93. The summed E-state index contributed by atoms with van der Waals surface area (Å²) in [7, 11) is 0. The highest BCUT2D eigenvalue weighted by Gasteiger charge is 2.38. The molecule has 2 aliphatic heterocycles. The lowest BCUT2D eigenvalue weighted by Crippen LogP contribution is -2.54. The maximum Gasteiger partial charge on any atom is 0.326 e. The van der Waals surface area contributed by atoms with Crippen LogP contribution in [0.2, 0.25) is 0 Å². The van der Waals surface area contributed by atoms with E-state index in [4.69, 9.17) is 0 Å². The summed E-state index contributed by atoms with van der Waals surface area (Å²) >= 11 is 0. The molecule has 0 bridgehead atoms. The van der Waals surface area contributed by atoms with E-state index in [1.165, 1.54) is 4.90 Å². The summed E-state index contributed by atoms with van der Waals surface area (Å²) in [6.07, 6.45) is 1.46. The van der Waals surface area contributed by atoms with E-state index in [9.17, 15) is 19.8 Å². The van der Waals surface area contributed by atoms with Gasteiger partial charge in [0.05, 0.1) is 6.10 Å². The first-order chi connectivity index (χ1) is 8.49. The molecule has 2 aliphatic rings. The summed E-state index contributed by atoms with van der Waals surface area (Å²) in [4.78, 5) is 26.5. The number of nitrogens with zero attached hydrogens (tertiary/aromatic N) is 2. The predicted octanol–water partition coefficient (Wildman–Crippen LogP) is 0.358. The van der Waals surface area contributed by atoms with Crippen molar-refractivity contribution in [2.75, 3.05) is 19.6 Å². The van der Waals surface area contributed by atoms with Crippen molar-refractivity contribution >= 4 is 12.0 Å². The van der Waals surface area contributed by atoms with E-state index in [0.29, 0.717) is 38.4 Å². The summed E-state index contributed by atoms with van der Waals surface area (Å²) in [6.45, 7) is 3.33. The van der Waals surface area contributed by atoms with Crippen molar-refractivity contribution in [3.8, 4) is 0 Å². The van der Waals surface area contributed by atoms with E-state index in [1.807, 2.05) is 6.92 Å². The first-order valence-corrected chi connectivity index (χ1v) is 6.45. The van der Waals surface area contributed by atoms with Crippen LogP contribution in [0.15, 0.2) is 0 Å². The second-order valence-corrected chi connectivity index (χ2v) is 5.35. The van der Waals surface area contributed by atoms with Crippen LogP contribution in [0.3, 0.4) is 0 Å². The minimum absolute atomic E-state index is 0.245. The molecule has 6 nitrogen and oxygen atoms in total. The molecule has 3 atom stereocenters. The van der Waals surface area contributed by atoms with Crippen molar-refractivity contribution in [1.82, 2.24) is 9.80 Å². The zero-order valence-corrected chi connectivity index (χ0v) is 10.6. The van der Waals surface area contributed by atoms with Gasteiger partial charge in [-0.2, -0.15) is 0 Å². The van der Waals surface area contributed by atoms with Gasteiger partial charge in [0.15, 0.2) is 0 Å². The zero-order valence-electron chi connectivity index (χ0n) is 10.6. The van der Waals surface area contributed by atoms with Gasteiger partial charge in [0.1, 0.15) is 6.04 Å². The minimum Gasteiger partial charge on any atom is -0.480 e. The van der Waals surface area contributed by atoms with Gasteiger partial charge in [-0.1, -0.05) is 6.92 Å². The Bertz CT molecular complexity index is 347. The molecule has 0 saturated carbocycles. The molecule has 2 fully saturated rings. The Morgan fingerprint density at radius 1 is 1.22 bits per heavy atom. The maximum atomic E-state index is 12.2. The zero-order chi connectivity index (χ0) is 13.3. The number of rotatable bonds is 1. The lowest BCUT2D eigenvalue weighted by molar-refractivity contribution is -0.144. The van der Waals surface area contributed by atoms with Crippen molar-refractivity contribution in [2.45, 2.75) is 38.3 Å². The summed E-state index contributed by atoms with van der Waals surface area (Å²) in [5.41, 5.74) is 0. The average molecular weight is 256 g/mol. The number of urea groups is 1. The summed E-state index contributed by atoms with van der Waals surface area (Å²) in [5.74, 6) is -0.603. The Morgan fingerprint density at radius 3 is 2.50 bits per heavy atom. The number of piperidine rings is 1. The van der Waals surface area contributed by atoms with E-state index in [2.05, 4.69) is 0 Å². The molecule has 2 saturated heterocycles. The number of likely N-dealkylation sites (tertiary alicyclic amines) is 2. The van der Waals surface area contributed by atoms with Crippen molar-refractivity contribution in [3.05, 3.63) is 0 Å². The molecule has 0 radical (unpaired) electrons. The monoisotopic (exact) mass is 256 g/mol. The van der Waals surface area contributed by atoms with Crippen LogP contribution in [0, 0.1) is 5.92 Å². The molecule has 0 aromatic heterocycles. The Kier molecular flexibility index (Phi) is 3.75. The van der Waals surface area contributed by atoms with Crippen LogP contribution < -0.4 is 0 Å². The second-order valence-electron chi connectivity index (χ2n) is 5.35. The van der Waals surface area contributed by atoms with Gasteiger partial charge in [0.2, 0.25) is 0 Å². The topological polar surface area (TPSA) is 81.1 Å². The largest absolute Gasteiger partial charge is 0.480 e. The molecule has 102 valence electrons. The normalized spacial score (nSPS) is 32.7. The molecule has 2 amide bonds. The number of carboxylic acids is 1. The highest BCUT2D eigenvalue weighted by Crippen LogP contribution is 2.25. The molecule has 2 heterocycles. The molecule has 18 heavy (non-hydrogen) atoms. The fourth-order valence-corrected chi connectivity index (χ4v) is 2.70. The van der Waals surface area contributed by atoms with Gasteiger partial charge in [-0.25, -0.2) is 9.59 Å². The molecule has 2 N–H and O–H groups in total. The third kappa shape index (κ3) is 2.58. The first kappa shape index (κ1) is 13.1. The van der Waals surface area contributed by atoms with Gasteiger partial charge in [-0.15, -0.1) is 0 Å². The van der Waals surface area contributed by atoms with Crippen molar-refractivity contribution in [1.29, 1.82) is 0 Å². The number of hydrogen-bond acceptors (Lipinski definition) is 3. The number of aliphatic carboxylic acids is 1. The minimum atomic E-state index is -0.936. The van der Waals surface area contributed by atoms with Crippen LogP contribution in [0.25, 0.3) is 0 Å². The van der Waals surface area contributed by atoms with Gasteiger partial charge >= 0.3 is 12.0 Å². The number of amides is 2. The predicted molar refractivity (Wildman–Crippen MR) is 64.1 cm³/mol. The molecule has 3 unspecified atom stereocenters. The summed E-state index contributed by atoms with van der Waals surface area (Å²) < 4.78 is 0. The quantitative estimate of drug-likeness (QED) is 0.709. The molecule has 0 aliphatic carbocycles. The molecule has 2 rings (SSSR count). The average Bonchev–Trinajstić information content (AvgIpc) is 2.75. The fourth-order valence-electron chi connectivity index (χ4n) is 2.70. The highest BCUT2D eigenvalue weighted by molar-refractivity contribution is 5.83. The molecular formula is C12H20N2O4. The van der Waals surface area contributed by atoms with Crippen LogP contribution in [0.5, 0.6) is 0 Å². The van der Waals surface area contributed by atoms with E-state index in [1.54, 1.807) is 4.90 Å². The molecule has 0 aromatic rings.